The van der Waals surface area contributed by atoms with Crippen LogP contribution >= 0.6 is 7.82 Å². The van der Waals surface area contributed by atoms with Crippen molar-refractivity contribution in [2.24, 2.45) is 0 Å². The van der Waals surface area contributed by atoms with E-state index in [-0.39, 0.29) is 32.1 Å². The second kappa shape index (κ2) is 40.8. The molecule has 55 heavy (non-hydrogen) atoms. The van der Waals surface area contributed by atoms with Gasteiger partial charge < -0.3 is 20.1 Å². The number of ether oxygens (including phenoxy) is 1. The van der Waals surface area contributed by atoms with E-state index < -0.39 is 26.5 Å². The molecule has 3 N–H and O–H groups in total. The Morgan fingerprint density at radius 3 is 1.53 bits per heavy atom. The fraction of sp³-hybridized carbons (Fsp3) is 0.644. The Morgan fingerprint density at radius 1 is 0.582 bits per heavy atom. The van der Waals surface area contributed by atoms with Gasteiger partial charge in [0.25, 0.3) is 0 Å². The van der Waals surface area contributed by atoms with Gasteiger partial charge in [0.1, 0.15) is 12.7 Å². The fourth-order valence-corrected chi connectivity index (χ4v) is 5.95. The summed E-state index contributed by atoms with van der Waals surface area (Å²) in [5.74, 6) is -0.584. The molecule has 0 fully saturated rings. The highest BCUT2D eigenvalue weighted by molar-refractivity contribution is 7.47. The van der Waals surface area contributed by atoms with E-state index in [1.165, 1.54) is 51.4 Å². The molecule has 0 aromatic carbocycles. The van der Waals surface area contributed by atoms with E-state index in [2.05, 4.69) is 98.2 Å². The van der Waals surface area contributed by atoms with Crippen molar-refractivity contribution in [1.82, 2.24) is 5.32 Å². The molecule has 0 bridgehead atoms. The topological polar surface area (TPSA) is 131 Å². The van der Waals surface area contributed by atoms with Gasteiger partial charge in [-0.3, -0.25) is 18.6 Å². The van der Waals surface area contributed by atoms with Crippen LogP contribution in [-0.2, 0) is 27.9 Å². The summed E-state index contributed by atoms with van der Waals surface area (Å²) >= 11 is 0. The lowest BCUT2D eigenvalue weighted by molar-refractivity contribution is -0.147. The Labute approximate surface area is 334 Å². The van der Waals surface area contributed by atoms with E-state index in [9.17, 15) is 24.2 Å². The van der Waals surface area contributed by atoms with E-state index in [1.807, 2.05) is 6.08 Å². The number of phosphoric acid groups is 1. The summed E-state index contributed by atoms with van der Waals surface area (Å²) < 4.78 is 26.8. The minimum atomic E-state index is -4.43. The molecule has 1 amide bonds. The summed E-state index contributed by atoms with van der Waals surface area (Å²) in [6.45, 7) is 3.34. The van der Waals surface area contributed by atoms with E-state index in [0.29, 0.717) is 12.8 Å². The molecule has 2 atom stereocenters. The summed E-state index contributed by atoms with van der Waals surface area (Å²) in [6, 6.07) is 0. The number of carbonyl (C=O) groups is 2. The van der Waals surface area contributed by atoms with Crippen LogP contribution in [0.5, 0.6) is 0 Å². The van der Waals surface area contributed by atoms with Crippen molar-refractivity contribution in [3.05, 3.63) is 85.1 Å². The Bertz CT molecular complexity index is 1170. The fourth-order valence-electron chi connectivity index (χ4n) is 5.19. The Hall–Kier alpha value is -2.81. The van der Waals surface area contributed by atoms with Crippen LogP contribution in [0.4, 0.5) is 0 Å². The number of allylic oxidation sites excluding steroid dienone is 14. The Balaban J connectivity index is 3.74. The van der Waals surface area contributed by atoms with Crippen LogP contribution in [0.15, 0.2) is 85.1 Å². The normalized spacial score (nSPS) is 14.2. The first-order chi connectivity index (χ1) is 26.8. The van der Waals surface area contributed by atoms with Gasteiger partial charge in [0.2, 0.25) is 5.91 Å². The Kier molecular flexibility index (Phi) is 38.8. The number of aliphatic hydroxyl groups is 1. The lowest BCUT2D eigenvalue weighted by atomic mass is 10.1. The zero-order chi connectivity index (χ0) is 40.3. The van der Waals surface area contributed by atoms with Crippen molar-refractivity contribution in [3.63, 3.8) is 0 Å². The number of esters is 1. The van der Waals surface area contributed by atoms with Gasteiger partial charge in [-0.1, -0.05) is 163 Å². The molecule has 0 spiro atoms. The predicted octanol–water partition coefficient (Wildman–Crippen LogP) is 11.7. The highest BCUT2D eigenvalue weighted by atomic mass is 31.2. The molecule has 0 aromatic rings. The first kappa shape index (κ1) is 52.2. The summed E-state index contributed by atoms with van der Waals surface area (Å²) in [7, 11) is -4.43. The zero-order valence-corrected chi connectivity index (χ0v) is 35.2. The maximum Gasteiger partial charge on any atom is 0.472 e. The number of hydrogen-bond donors (Lipinski definition) is 3. The van der Waals surface area contributed by atoms with Gasteiger partial charge in [-0.05, 0) is 64.2 Å². The molecule has 0 rings (SSSR count). The quantitative estimate of drug-likeness (QED) is 0.0244. The van der Waals surface area contributed by atoms with Gasteiger partial charge in [0.05, 0.1) is 13.2 Å². The van der Waals surface area contributed by atoms with Crippen LogP contribution in [0, 0.1) is 0 Å². The summed E-state index contributed by atoms with van der Waals surface area (Å²) in [4.78, 5) is 33.8. The Morgan fingerprint density at radius 2 is 1.04 bits per heavy atom. The van der Waals surface area contributed by atoms with Crippen molar-refractivity contribution in [2.75, 3.05) is 26.4 Å². The third-order valence-electron chi connectivity index (χ3n) is 8.34. The largest absolute Gasteiger partial charge is 0.472 e. The van der Waals surface area contributed by atoms with E-state index in [0.717, 1.165) is 70.6 Å². The highest BCUT2D eigenvalue weighted by Crippen LogP contribution is 2.42. The first-order valence-corrected chi connectivity index (χ1v) is 22.6. The van der Waals surface area contributed by atoms with Crippen LogP contribution in [0.1, 0.15) is 155 Å². The molecular formula is C45H76NO8P. The average Bonchev–Trinajstić information content (AvgIpc) is 3.17. The van der Waals surface area contributed by atoms with Crippen LogP contribution in [0.2, 0.25) is 0 Å². The molecule has 0 aromatic heterocycles. The van der Waals surface area contributed by atoms with E-state index in [4.69, 9.17) is 13.8 Å². The molecule has 10 heteroatoms. The van der Waals surface area contributed by atoms with E-state index >= 15 is 0 Å². The standard InChI is InChI=1S/C45H76NO8P/c1-3-5-7-9-11-13-15-16-17-18-19-20-21-22-23-24-25-26-28-30-32-34-36-38-45(49)52-41-43(47)42-54-55(50,51)53-40-39-46-44(48)37-35-33-31-29-27-14-12-10-8-6-4-2/h5,7,11,13,16-17,19-20,22-23,25-26,30,32,43,47H,3-4,6,8-10,12,14-15,18,21,24,27-29,31,33-42H2,1-2H3,(H,46,48)(H,50,51)/b7-5-,13-11-,17-16-,20-19-,23-22-,26-25-,32-30-. The molecule has 9 nitrogen and oxygen atoms in total. The number of hydrogen-bond acceptors (Lipinski definition) is 7. The number of amides is 1. The molecule has 314 valence electrons. The minimum absolute atomic E-state index is 0.0721. The second-order valence-electron chi connectivity index (χ2n) is 13.6. The molecule has 0 saturated heterocycles. The lowest BCUT2D eigenvalue weighted by Gasteiger charge is -2.15. The average molecular weight is 790 g/mol. The van der Waals surface area contributed by atoms with Gasteiger partial charge >= 0.3 is 13.8 Å². The smallest absolute Gasteiger partial charge is 0.463 e. The molecule has 2 unspecified atom stereocenters. The van der Waals surface area contributed by atoms with Crippen molar-refractivity contribution in [3.8, 4) is 0 Å². The monoisotopic (exact) mass is 790 g/mol. The van der Waals surface area contributed by atoms with Crippen molar-refractivity contribution < 1.29 is 37.9 Å². The number of rotatable bonds is 38. The lowest BCUT2D eigenvalue weighted by Crippen LogP contribution is -2.27. The summed E-state index contributed by atoms with van der Waals surface area (Å²) in [5.41, 5.74) is 0. The number of phosphoric ester groups is 1. The van der Waals surface area contributed by atoms with Gasteiger partial charge in [-0.15, -0.1) is 0 Å². The molecule has 0 radical (unpaired) electrons. The molecule has 0 saturated carbocycles. The zero-order valence-electron chi connectivity index (χ0n) is 34.3. The predicted molar refractivity (Wildman–Crippen MR) is 229 cm³/mol. The maximum absolute atomic E-state index is 12.1. The van der Waals surface area contributed by atoms with Crippen LogP contribution in [-0.4, -0.2) is 54.3 Å². The number of aliphatic hydroxyl groups excluding tert-OH is 1. The SMILES string of the molecule is CC/C=C\C/C=C\C/C=C\C/C=C\C/C=C\C/C=C\C/C=C\CCCC(=O)OCC(O)COP(=O)(O)OCCNC(=O)CCCCCCCCCCCCC. The van der Waals surface area contributed by atoms with Gasteiger partial charge in [0.15, 0.2) is 0 Å². The van der Waals surface area contributed by atoms with Crippen molar-refractivity contribution >= 4 is 19.7 Å². The minimum Gasteiger partial charge on any atom is -0.463 e. The van der Waals surface area contributed by atoms with E-state index in [1.54, 1.807) is 0 Å². The van der Waals surface area contributed by atoms with Gasteiger partial charge in [0, 0.05) is 19.4 Å². The molecule has 0 aliphatic heterocycles. The molecule has 0 heterocycles. The van der Waals surface area contributed by atoms with Crippen molar-refractivity contribution in [2.45, 2.75) is 161 Å². The summed E-state index contributed by atoms with van der Waals surface area (Å²) in [5, 5.41) is 12.7. The first-order valence-electron chi connectivity index (χ1n) is 21.1. The van der Waals surface area contributed by atoms with Crippen LogP contribution in [0.25, 0.3) is 0 Å². The van der Waals surface area contributed by atoms with Crippen LogP contribution in [0.3, 0.4) is 0 Å². The van der Waals surface area contributed by atoms with Crippen molar-refractivity contribution in [1.29, 1.82) is 0 Å². The number of carbonyl (C=O) groups excluding carboxylic acids is 2. The number of unbranched alkanes of at least 4 members (excludes halogenated alkanes) is 11. The van der Waals surface area contributed by atoms with Gasteiger partial charge in [-0.2, -0.15) is 0 Å². The third-order valence-corrected chi connectivity index (χ3v) is 9.32. The van der Waals surface area contributed by atoms with Crippen LogP contribution < -0.4 is 5.32 Å². The molecule has 0 aliphatic rings. The molecule has 0 aliphatic carbocycles. The summed E-state index contributed by atoms with van der Waals surface area (Å²) in [6.07, 6.45) is 50.9. The van der Waals surface area contributed by atoms with Gasteiger partial charge in [-0.25, -0.2) is 4.57 Å². The number of nitrogens with one attached hydrogen (secondary N) is 1. The third kappa shape index (κ3) is 42.2. The maximum atomic E-state index is 12.1. The second-order valence-corrected chi connectivity index (χ2v) is 15.0. The highest BCUT2D eigenvalue weighted by Gasteiger charge is 2.23. The molecular weight excluding hydrogens is 713 g/mol.